The lowest BCUT2D eigenvalue weighted by molar-refractivity contribution is -0.119. The Hall–Kier alpha value is -3.58. The molecule has 2 heterocycles. The van der Waals surface area contributed by atoms with Crippen LogP contribution in [-0.4, -0.2) is 37.5 Å². The second kappa shape index (κ2) is 8.65. The molecule has 0 saturated carbocycles. The van der Waals surface area contributed by atoms with Crippen LogP contribution in [0.4, 0.5) is 10.1 Å². The number of ether oxygens (including phenoxy) is 2. The van der Waals surface area contributed by atoms with Gasteiger partial charge in [0.15, 0.2) is 11.5 Å². The van der Waals surface area contributed by atoms with Crippen LogP contribution in [0.5, 0.6) is 11.5 Å². The SMILES string of the molecule is COc1cc2c(cc1OC)[C@@H]1[C@@H](C(=O)Nc3ccc(F)c(Cl)c3)c3ccccc3C(=O)N1CC2. The molecule has 0 unspecified atom stereocenters. The van der Waals surface area contributed by atoms with Crippen LogP contribution in [0.2, 0.25) is 5.02 Å². The smallest absolute Gasteiger partial charge is 0.254 e. The lowest BCUT2D eigenvalue weighted by Crippen LogP contribution is -2.49. The Morgan fingerprint density at radius 2 is 1.79 bits per heavy atom. The lowest BCUT2D eigenvalue weighted by Gasteiger charge is -2.45. The number of halogens is 2. The van der Waals surface area contributed by atoms with E-state index in [0.717, 1.165) is 11.1 Å². The van der Waals surface area contributed by atoms with Crippen molar-refractivity contribution in [2.45, 2.75) is 18.4 Å². The van der Waals surface area contributed by atoms with E-state index in [2.05, 4.69) is 5.32 Å². The van der Waals surface area contributed by atoms with Crippen LogP contribution in [0, 0.1) is 5.82 Å². The number of nitrogens with one attached hydrogen (secondary N) is 1. The van der Waals surface area contributed by atoms with Crippen molar-refractivity contribution in [3.8, 4) is 11.5 Å². The summed E-state index contributed by atoms with van der Waals surface area (Å²) in [6, 6.07) is 14.4. The van der Waals surface area contributed by atoms with Gasteiger partial charge in [-0.25, -0.2) is 4.39 Å². The van der Waals surface area contributed by atoms with Gasteiger partial charge in [0.05, 0.1) is 31.2 Å². The fourth-order valence-corrected chi connectivity index (χ4v) is 5.11. The maximum absolute atomic E-state index is 13.7. The van der Waals surface area contributed by atoms with Gasteiger partial charge in [0.1, 0.15) is 5.82 Å². The Bertz CT molecular complexity index is 1310. The third kappa shape index (κ3) is 3.56. The Kier molecular flexibility index (Phi) is 5.65. The maximum Gasteiger partial charge on any atom is 0.254 e. The van der Waals surface area contributed by atoms with E-state index in [1.807, 2.05) is 24.3 Å². The second-order valence-corrected chi connectivity index (χ2v) is 8.69. The minimum Gasteiger partial charge on any atom is -0.493 e. The molecule has 0 aliphatic carbocycles. The lowest BCUT2D eigenvalue weighted by atomic mass is 9.75. The molecule has 0 spiro atoms. The number of nitrogens with zero attached hydrogens (tertiary/aromatic N) is 1. The van der Waals surface area contributed by atoms with Gasteiger partial charge in [0, 0.05) is 17.8 Å². The summed E-state index contributed by atoms with van der Waals surface area (Å²) in [7, 11) is 3.12. The molecule has 2 amide bonds. The summed E-state index contributed by atoms with van der Waals surface area (Å²) in [6.07, 6.45) is 0.627. The number of fused-ring (bicyclic) bond motifs is 4. The summed E-state index contributed by atoms with van der Waals surface area (Å²) in [5, 5.41) is 2.78. The second-order valence-electron chi connectivity index (χ2n) is 8.28. The molecule has 3 aromatic rings. The molecule has 0 aromatic heterocycles. The van der Waals surface area contributed by atoms with E-state index in [-0.39, 0.29) is 16.8 Å². The maximum atomic E-state index is 13.7. The Labute approximate surface area is 201 Å². The molecule has 1 N–H and O–H groups in total. The third-order valence-corrected chi connectivity index (χ3v) is 6.78. The van der Waals surface area contributed by atoms with Gasteiger partial charge in [0.2, 0.25) is 5.91 Å². The number of carbonyl (C=O) groups excluding carboxylic acids is 2. The van der Waals surface area contributed by atoms with Crippen molar-refractivity contribution < 1.29 is 23.5 Å². The molecule has 0 radical (unpaired) electrons. The average molecular weight is 481 g/mol. The average Bonchev–Trinajstić information content (AvgIpc) is 2.85. The zero-order chi connectivity index (χ0) is 24.0. The minimum atomic E-state index is -0.699. The van der Waals surface area contributed by atoms with E-state index < -0.39 is 17.8 Å². The monoisotopic (exact) mass is 480 g/mol. The first-order valence-electron chi connectivity index (χ1n) is 10.8. The van der Waals surface area contributed by atoms with Gasteiger partial charge in [-0.3, -0.25) is 9.59 Å². The van der Waals surface area contributed by atoms with Gasteiger partial charge in [-0.05, 0) is 59.5 Å². The van der Waals surface area contributed by atoms with Crippen molar-refractivity contribution in [2.24, 2.45) is 0 Å². The summed E-state index contributed by atoms with van der Waals surface area (Å²) in [6.45, 7) is 0.465. The van der Waals surface area contributed by atoms with Crippen molar-refractivity contribution >= 4 is 29.1 Å². The zero-order valence-corrected chi connectivity index (χ0v) is 19.4. The molecule has 6 nitrogen and oxygen atoms in total. The van der Waals surface area contributed by atoms with Crippen molar-refractivity contribution in [1.82, 2.24) is 4.90 Å². The molecule has 34 heavy (non-hydrogen) atoms. The topological polar surface area (TPSA) is 67.9 Å². The predicted octanol–water partition coefficient (Wildman–Crippen LogP) is 4.97. The first kappa shape index (κ1) is 22.2. The molecule has 0 bridgehead atoms. The zero-order valence-electron chi connectivity index (χ0n) is 18.6. The van der Waals surface area contributed by atoms with Crippen LogP contribution in [0.3, 0.4) is 0 Å². The Morgan fingerprint density at radius 3 is 2.53 bits per heavy atom. The third-order valence-electron chi connectivity index (χ3n) is 6.49. The van der Waals surface area contributed by atoms with Gasteiger partial charge in [0.25, 0.3) is 5.91 Å². The summed E-state index contributed by atoms with van der Waals surface area (Å²) >= 11 is 5.92. The fraction of sp³-hybridized carbons (Fsp3) is 0.231. The van der Waals surface area contributed by atoms with Crippen LogP contribution in [0.1, 0.15) is 39.0 Å². The van der Waals surface area contributed by atoms with Crippen molar-refractivity contribution in [3.63, 3.8) is 0 Å². The van der Waals surface area contributed by atoms with Gasteiger partial charge < -0.3 is 19.7 Å². The summed E-state index contributed by atoms with van der Waals surface area (Å²) < 4.78 is 24.6. The normalized spacial score (nSPS) is 18.5. The first-order valence-corrected chi connectivity index (χ1v) is 11.2. The van der Waals surface area contributed by atoms with Crippen molar-refractivity contribution in [3.05, 3.63) is 87.7 Å². The van der Waals surface area contributed by atoms with Crippen LogP contribution in [0.15, 0.2) is 54.6 Å². The molecule has 8 heteroatoms. The highest BCUT2D eigenvalue weighted by molar-refractivity contribution is 6.31. The predicted molar refractivity (Wildman–Crippen MR) is 126 cm³/mol. The molecular weight excluding hydrogens is 459 g/mol. The fourth-order valence-electron chi connectivity index (χ4n) is 4.93. The number of anilines is 1. The number of hydrogen-bond acceptors (Lipinski definition) is 4. The molecule has 2 aliphatic heterocycles. The number of carbonyl (C=O) groups is 2. The van der Waals surface area contributed by atoms with Gasteiger partial charge in [-0.1, -0.05) is 29.8 Å². The largest absolute Gasteiger partial charge is 0.493 e. The van der Waals surface area contributed by atoms with Gasteiger partial charge in [-0.15, -0.1) is 0 Å². The van der Waals surface area contributed by atoms with Crippen molar-refractivity contribution in [2.75, 3.05) is 26.1 Å². The molecule has 0 fully saturated rings. The number of benzene rings is 3. The quantitative estimate of drug-likeness (QED) is 0.572. The molecule has 5 rings (SSSR count). The highest BCUT2D eigenvalue weighted by Gasteiger charge is 2.46. The Balaban J connectivity index is 1.64. The highest BCUT2D eigenvalue weighted by atomic mass is 35.5. The molecule has 0 saturated heterocycles. The summed E-state index contributed by atoms with van der Waals surface area (Å²) in [4.78, 5) is 28.9. The van der Waals surface area contributed by atoms with E-state index in [0.29, 0.717) is 41.3 Å². The standard InChI is InChI=1S/C26H22ClFN2O4/c1-33-21-11-14-9-10-30-24(18(14)13-22(21)34-2)23(16-5-3-4-6-17(16)26(30)32)25(31)29-15-7-8-20(28)19(27)12-15/h3-8,11-13,23-24H,9-10H2,1-2H3,(H,29,31)/t23-,24+/m0/s1. The van der Waals surface area contributed by atoms with Gasteiger partial charge in [-0.2, -0.15) is 0 Å². The van der Waals surface area contributed by atoms with Crippen LogP contribution in [-0.2, 0) is 11.2 Å². The van der Waals surface area contributed by atoms with E-state index in [1.165, 1.54) is 18.2 Å². The van der Waals surface area contributed by atoms with E-state index in [1.54, 1.807) is 31.3 Å². The minimum absolute atomic E-state index is 0.0847. The Morgan fingerprint density at radius 1 is 1.06 bits per heavy atom. The summed E-state index contributed by atoms with van der Waals surface area (Å²) in [5.74, 6) is -0.579. The van der Waals surface area contributed by atoms with Crippen molar-refractivity contribution in [1.29, 1.82) is 0 Å². The molecule has 174 valence electrons. The van der Waals surface area contributed by atoms with Crippen LogP contribution < -0.4 is 14.8 Å². The highest BCUT2D eigenvalue weighted by Crippen LogP contribution is 2.48. The number of hydrogen-bond donors (Lipinski definition) is 1. The van der Waals surface area contributed by atoms with Crippen LogP contribution in [0.25, 0.3) is 0 Å². The molecule has 2 aliphatic rings. The van der Waals surface area contributed by atoms with E-state index in [9.17, 15) is 14.0 Å². The number of methoxy groups -OCH3 is 2. The number of amides is 2. The van der Waals surface area contributed by atoms with Crippen LogP contribution >= 0.6 is 11.6 Å². The molecule has 3 aromatic carbocycles. The summed E-state index contributed by atoms with van der Waals surface area (Å²) in [5.41, 5.74) is 3.35. The van der Waals surface area contributed by atoms with Gasteiger partial charge >= 0.3 is 0 Å². The molecular formula is C26H22ClFN2O4. The number of rotatable bonds is 4. The van der Waals surface area contributed by atoms with E-state index >= 15 is 0 Å². The first-order chi connectivity index (χ1) is 16.4. The molecule has 2 atom stereocenters. The van der Waals surface area contributed by atoms with E-state index in [4.69, 9.17) is 21.1 Å².